The molecular weight excluding hydrogens is 350 g/mol. The molecule has 2 N–H and O–H groups in total. The van der Waals surface area contributed by atoms with Gasteiger partial charge < -0.3 is 10.3 Å². The van der Waals surface area contributed by atoms with Gasteiger partial charge in [0.25, 0.3) is 11.6 Å². The lowest BCUT2D eigenvalue weighted by Gasteiger charge is -2.04. The van der Waals surface area contributed by atoms with Crippen LogP contribution in [-0.2, 0) is 6.42 Å². The zero-order chi connectivity index (χ0) is 18.1. The number of non-ortho nitro benzene ring substituents is 1. The topological polar surface area (TPSA) is 88.0 Å². The number of aromatic nitrogens is 1. The molecule has 0 aliphatic carbocycles. The van der Waals surface area contributed by atoms with Crippen molar-refractivity contribution < 1.29 is 9.72 Å². The number of thiophene rings is 1. The van der Waals surface area contributed by atoms with Gasteiger partial charge in [-0.3, -0.25) is 14.9 Å². The zero-order valence-electron chi connectivity index (χ0n) is 13.7. The highest BCUT2D eigenvalue weighted by Gasteiger charge is 2.15. The Hall–Kier alpha value is -3.19. The van der Waals surface area contributed by atoms with E-state index >= 15 is 0 Å². The second-order valence-electron chi connectivity index (χ2n) is 5.95. The molecule has 4 aromatic rings. The van der Waals surface area contributed by atoms with E-state index in [2.05, 4.69) is 27.8 Å². The Morgan fingerprint density at radius 3 is 2.88 bits per heavy atom. The fourth-order valence-electron chi connectivity index (χ4n) is 3.04. The van der Waals surface area contributed by atoms with Gasteiger partial charge in [-0.05, 0) is 34.9 Å². The Labute approximate surface area is 152 Å². The van der Waals surface area contributed by atoms with Crippen molar-refractivity contribution in [1.82, 2.24) is 10.3 Å². The Balaban J connectivity index is 1.49. The van der Waals surface area contributed by atoms with E-state index in [-0.39, 0.29) is 11.6 Å². The fraction of sp³-hybridized carbons (Fsp3) is 0.105. The summed E-state index contributed by atoms with van der Waals surface area (Å²) in [7, 11) is 0. The number of nitrogens with one attached hydrogen (secondary N) is 2. The molecule has 0 atom stereocenters. The number of carbonyl (C=O) groups excluding carboxylic acids is 1. The van der Waals surface area contributed by atoms with Crippen LogP contribution in [0.15, 0.2) is 54.0 Å². The lowest BCUT2D eigenvalue weighted by molar-refractivity contribution is -0.384. The summed E-state index contributed by atoms with van der Waals surface area (Å²) in [4.78, 5) is 26.0. The third-order valence-electron chi connectivity index (χ3n) is 4.36. The molecule has 2 aromatic carbocycles. The molecule has 7 heteroatoms. The molecule has 2 aromatic heterocycles. The first-order chi connectivity index (χ1) is 12.6. The van der Waals surface area contributed by atoms with E-state index in [9.17, 15) is 14.9 Å². The van der Waals surface area contributed by atoms with Crippen molar-refractivity contribution in [3.63, 3.8) is 0 Å². The summed E-state index contributed by atoms with van der Waals surface area (Å²) in [5.41, 5.74) is 2.29. The Morgan fingerprint density at radius 1 is 1.19 bits per heavy atom. The average Bonchev–Trinajstić information content (AvgIpc) is 3.25. The van der Waals surface area contributed by atoms with Crippen molar-refractivity contribution >= 4 is 43.9 Å². The number of H-pyrrole nitrogens is 1. The molecule has 4 rings (SSSR count). The molecule has 1 amide bonds. The summed E-state index contributed by atoms with van der Waals surface area (Å²) in [5.74, 6) is -0.240. The highest BCUT2D eigenvalue weighted by atomic mass is 32.1. The molecule has 0 aliphatic rings. The number of benzene rings is 2. The van der Waals surface area contributed by atoms with Gasteiger partial charge in [-0.15, -0.1) is 11.3 Å². The van der Waals surface area contributed by atoms with Crippen molar-refractivity contribution in [2.24, 2.45) is 0 Å². The minimum Gasteiger partial charge on any atom is -0.360 e. The second kappa shape index (κ2) is 6.61. The predicted molar refractivity (Wildman–Crippen MR) is 103 cm³/mol. The number of hydrogen-bond acceptors (Lipinski definition) is 4. The van der Waals surface area contributed by atoms with Gasteiger partial charge in [-0.2, -0.15) is 0 Å². The summed E-state index contributed by atoms with van der Waals surface area (Å²) < 4.78 is 1.23. The standard InChI is InChI=1S/C19H15N3O3S/c23-19(16-10-21-17-6-5-13(22(24)25)9-15(16)17)20-8-7-12-11-26-18-4-2-1-3-14(12)18/h1-6,9-11,21H,7-8H2,(H,20,23). The summed E-state index contributed by atoms with van der Waals surface area (Å²) in [6.45, 7) is 0.501. The summed E-state index contributed by atoms with van der Waals surface area (Å²) >= 11 is 1.70. The number of amides is 1. The Kier molecular flexibility index (Phi) is 4.14. The molecule has 0 saturated heterocycles. The summed E-state index contributed by atoms with van der Waals surface area (Å²) in [6.07, 6.45) is 2.32. The van der Waals surface area contributed by atoms with Crippen LogP contribution in [0, 0.1) is 10.1 Å². The third kappa shape index (κ3) is 2.93. The first kappa shape index (κ1) is 16.3. The predicted octanol–water partition coefficient (Wildman–Crippen LogP) is 4.26. The van der Waals surface area contributed by atoms with Crippen LogP contribution in [0.4, 0.5) is 5.69 Å². The first-order valence-electron chi connectivity index (χ1n) is 8.12. The van der Waals surface area contributed by atoms with Gasteiger partial charge in [-0.25, -0.2) is 0 Å². The Morgan fingerprint density at radius 2 is 2.04 bits per heavy atom. The van der Waals surface area contributed by atoms with E-state index in [4.69, 9.17) is 0 Å². The monoisotopic (exact) mass is 365 g/mol. The summed E-state index contributed by atoms with van der Waals surface area (Å²) in [5, 5.41) is 17.7. The van der Waals surface area contributed by atoms with Crippen LogP contribution < -0.4 is 5.32 Å². The molecule has 0 aliphatic heterocycles. The van der Waals surface area contributed by atoms with Crippen LogP contribution in [0.5, 0.6) is 0 Å². The van der Waals surface area contributed by atoms with Gasteiger partial charge in [0.1, 0.15) is 0 Å². The maximum absolute atomic E-state index is 12.5. The molecule has 0 fully saturated rings. The normalized spacial score (nSPS) is 11.1. The van der Waals surface area contributed by atoms with E-state index < -0.39 is 4.92 Å². The molecule has 0 spiro atoms. The smallest absolute Gasteiger partial charge is 0.270 e. The van der Waals surface area contributed by atoms with Gasteiger partial charge in [-0.1, -0.05) is 18.2 Å². The minimum absolute atomic E-state index is 0.0316. The van der Waals surface area contributed by atoms with E-state index in [0.29, 0.717) is 23.0 Å². The maximum Gasteiger partial charge on any atom is 0.270 e. The van der Waals surface area contributed by atoms with Crippen molar-refractivity contribution in [1.29, 1.82) is 0 Å². The summed E-state index contributed by atoms with van der Waals surface area (Å²) in [6, 6.07) is 12.6. The highest BCUT2D eigenvalue weighted by molar-refractivity contribution is 7.17. The van der Waals surface area contributed by atoms with Crippen LogP contribution in [0.3, 0.4) is 0 Å². The van der Waals surface area contributed by atoms with E-state index in [1.54, 1.807) is 23.6 Å². The fourth-order valence-corrected chi connectivity index (χ4v) is 4.04. The largest absolute Gasteiger partial charge is 0.360 e. The van der Waals surface area contributed by atoms with Crippen LogP contribution in [0.2, 0.25) is 0 Å². The number of hydrogen-bond donors (Lipinski definition) is 2. The van der Waals surface area contributed by atoms with Crippen LogP contribution in [0.25, 0.3) is 21.0 Å². The van der Waals surface area contributed by atoms with Gasteiger partial charge >= 0.3 is 0 Å². The number of carbonyl (C=O) groups is 1. The van der Waals surface area contributed by atoms with Crippen molar-refractivity contribution in [2.75, 3.05) is 6.54 Å². The lowest BCUT2D eigenvalue weighted by atomic mass is 10.1. The number of fused-ring (bicyclic) bond motifs is 2. The highest BCUT2D eigenvalue weighted by Crippen LogP contribution is 2.26. The molecule has 0 bridgehead atoms. The van der Waals surface area contributed by atoms with Crippen molar-refractivity contribution in [3.05, 3.63) is 75.3 Å². The number of nitrogens with zero attached hydrogens (tertiary/aromatic N) is 1. The molecule has 130 valence electrons. The SMILES string of the molecule is O=C(NCCc1csc2ccccc12)c1c[nH]c2ccc([N+](=O)[O-])cc12. The second-order valence-corrected chi connectivity index (χ2v) is 6.86. The molecule has 0 radical (unpaired) electrons. The molecule has 2 heterocycles. The minimum atomic E-state index is -0.462. The van der Waals surface area contributed by atoms with Gasteiger partial charge in [0, 0.05) is 40.5 Å². The molecule has 6 nitrogen and oxygen atoms in total. The Bertz CT molecular complexity index is 1130. The van der Waals surface area contributed by atoms with E-state index in [1.807, 2.05) is 12.1 Å². The molecule has 26 heavy (non-hydrogen) atoms. The quantitative estimate of drug-likeness (QED) is 0.409. The van der Waals surface area contributed by atoms with Gasteiger partial charge in [0.05, 0.1) is 10.5 Å². The first-order valence-corrected chi connectivity index (χ1v) is 9.00. The van der Waals surface area contributed by atoms with Crippen molar-refractivity contribution in [2.45, 2.75) is 6.42 Å². The average molecular weight is 365 g/mol. The van der Waals surface area contributed by atoms with Gasteiger partial charge in [0.2, 0.25) is 0 Å². The lowest BCUT2D eigenvalue weighted by Crippen LogP contribution is -2.25. The van der Waals surface area contributed by atoms with Crippen molar-refractivity contribution in [3.8, 4) is 0 Å². The van der Waals surface area contributed by atoms with E-state index in [1.165, 1.54) is 27.8 Å². The van der Waals surface area contributed by atoms with Gasteiger partial charge in [0.15, 0.2) is 0 Å². The maximum atomic E-state index is 12.5. The number of nitro benzene ring substituents is 1. The third-order valence-corrected chi connectivity index (χ3v) is 5.37. The van der Waals surface area contributed by atoms with Crippen LogP contribution in [0.1, 0.15) is 15.9 Å². The van der Waals surface area contributed by atoms with Crippen LogP contribution in [-0.4, -0.2) is 22.4 Å². The van der Waals surface area contributed by atoms with Crippen LogP contribution >= 0.6 is 11.3 Å². The zero-order valence-corrected chi connectivity index (χ0v) is 14.5. The number of nitro groups is 1. The molecule has 0 saturated carbocycles. The number of rotatable bonds is 5. The number of aromatic amines is 1. The molecule has 0 unspecified atom stereocenters. The molecular formula is C19H15N3O3S. The van der Waals surface area contributed by atoms with E-state index in [0.717, 1.165) is 6.42 Å².